The average Bonchev–Trinajstić information content (AvgIpc) is 2.88. The molecule has 92 valence electrons. The number of nitrogens with zero attached hydrogens (tertiary/aromatic N) is 1. The van der Waals surface area contributed by atoms with E-state index in [1.165, 1.54) is 12.8 Å². The van der Waals surface area contributed by atoms with Crippen LogP contribution >= 0.6 is 11.3 Å². The lowest BCUT2D eigenvalue weighted by Crippen LogP contribution is -2.35. The van der Waals surface area contributed by atoms with Crippen LogP contribution in [0.25, 0.3) is 0 Å². The van der Waals surface area contributed by atoms with Gasteiger partial charge in [0.2, 0.25) is 0 Å². The van der Waals surface area contributed by atoms with Gasteiger partial charge in [-0.3, -0.25) is 9.00 Å². The molecule has 6 heteroatoms. The van der Waals surface area contributed by atoms with E-state index in [1.807, 2.05) is 5.38 Å². The Morgan fingerprint density at radius 1 is 1.47 bits per heavy atom. The highest BCUT2D eigenvalue weighted by Crippen LogP contribution is 2.41. The largest absolute Gasteiger partial charge is 0.347 e. The zero-order valence-corrected chi connectivity index (χ0v) is 11.0. The van der Waals surface area contributed by atoms with Crippen molar-refractivity contribution < 1.29 is 9.00 Å². The topological polar surface area (TPSA) is 59.1 Å². The van der Waals surface area contributed by atoms with Crippen LogP contribution in [0, 0.1) is 0 Å². The fraction of sp³-hybridized carbons (Fsp3) is 0.636. The lowest BCUT2D eigenvalue weighted by atomic mass is 10.2. The van der Waals surface area contributed by atoms with Gasteiger partial charge in [0, 0.05) is 39.6 Å². The van der Waals surface area contributed by atoms with Gasteiger partial charge in [0.1, 0.15) is 5.69 Å². The number of hydrogen-bond donors (Lipinski definition) is 1. The van der Waals surface area contributed by atoms with Gasteiger partial charge in [-0.2, -0.15) is 0 Å². The monoisotopic (exact) mass is 270 g/mol. The molecule has 2 aliphatic rings. The van der Waals surface area contributed by atoms with Crippen molar-refractivity contribution in [2.75, 3.05) is 11.5 Å². The van der Waals surface area contributed by atoms with Crippen LogP contribution in [-0.2, 0) is 10.8 Å². The van der Waals surface area contributed by atoms with Gasteiger partial charge in [-0.05, 0) is 19.3 Å². The summed E-state index contributed by atoms with van der Waals surface area (Å²) in [5.41, 5.74) is 0.523. The Kier molecular flexibility index (Phi) is 3.00. The SMILES string of the molecule is O=C(NC1CCS(=O)C1)c1csc(C2CC2)n1. The molecule has 2 unspecified atom stereocenters. The highest BCUT2D eigenvalue weighted by atomic mass is 32.2. The van der Waals surface area contributed by atoms with E-state index in [9.17, 15) is 9.00 Å². The molecule has 0 aromatic carbocycles. The summed E-state index contributed by atoms with van der Waals surface area (Å²) in [4.78, 5) is 16.3. The van der Waals surface area contributed by atoms with Crippen molar-refractivity contribution in [1.29, 1.82) is 0 Å². The van der Waals surface area contributed by atoms with Gasteiger partial charge in [-0.15, -0.1) is 11.3 Å². The minimum atomic E-state index is -0.750. The number of hydrogen-bond acceptors (Lipinski definition) is 4. The minimum absolute atomic E-state index is 0.0643. The zero-order chi connectivity index (χ0) is 11.8. The van der Waals surface area contributed by atoms with E-state index in [2.05, 4.69) is 10.3 Å². The summed E-state index contributed by atoms with van der Waals surface area (Å²) in [7, 11) is -0.750. The Balaban J connectivity index is 1.62. The fourth-order valence-electron chi connectivity index (χ4n) is 1.95. The van der Waals surface area contributed by atoms with Crippen LogP contribution in [-0.4, -0.2) is 32.6 Å². The number of thiazole rings is 1. The van der Waals surface area contributed by atoms with Gasteiger partial charge in [0.05, 0.1) is 5.01 Å². The van der Waals surface area contributed by atoms with Crippen LogP contribution in [0.3, 0.4) is 0 Å². The van der Waals surface area contributed by atoms with Crippen LogP contribution in [0.5, 0.6) is 0 Å². The van der Waals surface area contributed by atoms with Crippen LogP contribution in [0.4, 0.5) is 0 Å². The number of amides is 1. The maximum Gasteiger partial charge on any atom is 0.271 e. The zero-order valence-electron chi connectivity index (χ0n) is 9.35. The van der Waals surface area contributed by atoms with Crippen LogP contribution in [0.2, 0.25) is 0 Å². The van der Waals surface area contributed by atoms with E-state index >= 15 is 0 Å². The summed E-state index contributed by atoms with van der Waals surface area (Å²) < 4.78 is 11.2. The lowest BCUT2D eigenvalue weighted by Gasteiger charge is -2.08. The molecular formula is C11H14N2O2S2. The van der Waals surface area contributed by atoms with Crippen molar-refractivity contribution in [3.05, 3.63) is 16.1 Å². The van der Waals surface area contributed by atoms with E-state index < -0.39 is 10.8 Å². The number of rotatable bonds is 3. The van der Waals surface area contributed by atoms with Crippen molar-refractivity contribution in [3.63, 3.8) is 0 Å². The molecule has 1 aromatic heterocycles. The standard InChI is InChI=1S/C11H14N2O2S2/c14-10(12-8-3-4-17(15)6-8)9-5-16-11(13-9)7-1-2-7/h5,7-8H,1-4,6H2,(H,12,14). The third kappa shape index (κ3) is 2.57. The minimum Gasteiger partial charge on any atom is -0.347 e. The summed E-state index contributed by atoms with van der Waals surface area (Å²) in [6.07, 6.45) is 3.23. The lowest BCUT2D eigenvalue weighted by molar-refractivity contribution is 0.0936. The number of carbonyl (C=O) groups is 1. The summed E-state index contributed by atoms with van der Waals surface area (Å²) >= 11 is 1.57. The number of carbonyl (C=O) groups excluding carboxylic acids is 1. The van der Waals surface area contributed by atoms with Crippen molar-refractivity contribution in [3.8, 4) is 0 Å². The van der Waals surface area contributed by atoms with Crippen molar-refractivity contribution in [2.45, 2.75) is 31.2 Å². The van der Waals surface area contributed by atoms with Gasteiger partial charge in [0.25, 0.3) is 5.91 Å². The molecule has 4 nitrogen and oxygen atoms in total. The van der Waals surface area contributed by atoms with E-state index in [4.69, 9.17) is 0 Å². The second-order valence-corrected chi connectivity index (χ2v) is 7.13. The second-order valence-electron chi connectivity index (χ2n) is 4.61. The van der Waals surface area contributed by atoms with Gasteiger partial charge in [-0.1, -0.05) is 0 Å². The van der Waals surface area contributed by atoms with Gasteiger partial charge in [0.15, 0.2) is 0 Å². The van der Waals surface area contributed by atoms with E-state index in [-0.39, 0.29) is 11.9 Å². The van der Waals surface area contributed by atoms with Crippen LogP contribution in [0.15, 0.2) is 5.38 Å². The molecule has 1 aliphatic carbocycles. The molecule has 2 atom stereocenters. The Labute approximate surface area is 106 Å². The Morgan fingerprint density at radius 2 is 2.29 bits per heavy atom. The molecule has 1 aromatic rings. The normalized spacial score (nSPS) is 28.2. The number of aromatic nitrogens is 1. The first kappa shape index (κ1) is 11.3. The Morgan fingerprint density at radius 3 is 2.94 bits per heavy atom. The molecule has 1 amide bonds. The molecule has 2 fully saturated rings. The molecule has 1 saturated heterocycles. The summed E-state index contributed by atoms with van der Waals surface area (Å²) in [6, 6.07) is 0.0643. The molecule has 0 radical (unpaired) electrons. The molecule has 0 bridgehead atoms. The first-order valence-electron chi connectivity index (χ1n) is 5.83. The maximum absolute atomic E-state index is 11.9. The number of nitrogens with one attached hydrogen (secondary N) is 1. The molecule has 2 heterocycles. The Bertz CT molecular complexity index is 468. The summed E-state index contributed by atoms with van der Waals surface area (Å²) in [5.74, 6) is 1.78. The fourth-order valence-corrected chi connectivity index (χ4v) is 4.33. The summed E-state index contributed by atoms with van der Waals surface area (Å²) in [6.45, 7) is 0. The molecule has 1 N–H and O–H groups in total. The summed E-state index contributed by atoms with van der Waals surface area (Å²) in [5, 5.41) is 5.83. The van der Waals surface area contributed by atoms with Gasteiger partial charge < -0.3 is 5.32 Å². The third-order valence-corrected chi connectivity index (χ3v) is 5.57. The van der Waals surface area contributed by atoms with E-state index in [0.29, 0.717) is 23.1 Å². The second kappa shape index (κ2) is 4.49. The van der Waals surface area contributed by atoms with Gasteiger partial charge in [-0.25, -0.2) is 4.98 Å². The smallest absolute Gasteiger partial charge is 0.271 e. The predicted octanol–water partition coefficient (Wildman–Crippen LogP) is 1.27. The van der Waals surface area contributed by atoms with Crippen molar-refractivity contribution in [1.82, 2.24) is 10.3 Å². The first-order chi connectivity index (χ1) is 8.22. The highest BCUT2D eigenvalue weighted by Gasteiger charge is 2.28. The predicted molar refractivity (Wildman–Crippen MR) is 67.8 cm³/mol. The molecule has 1 aliphatic heterocycles. The highest BCUT2D eigenvalue weighted by molar-refractivity contribution is 7.85. The van der Waals surface area contributed by atoms with Crippen LogP contribution < -0.4 is 5.32 Å². The molecule has 17 heavy (non-hydrogen) atoms. The quantitative estimate of drug-likeness (QED) is 0.900. The maximum atomic E-state index is 11.9. The van der Waals surface area contributed by atoms with Crippen molar-refractivity contribution >= 4 is 28.0 Å². The van der Waals surface area contributed by atoms with E-state index in [0.717, 1.165) is 11.4 Å². The molecule has 0 spiro atoms. The molecular weight excluding hydrogens is 256 g/mol. The third-order valence-electron chi connectivity index (χ3n) is 3.10. The molecule has 3 rings (SSSR count). The van der Waals surface area contributed by atoms with Crippen molar-refractivity contribution in [2.24, 2.45) is 0 Å². The van der Waals surface area contributed by atoms with Crippen LogP contribution in [0.1, 0.15) is 40.7 Å². The Hall–Kier alpha value is -0.750. The average molecular weight is 270 g/mol. The first-order valence-corrected chi connectivity index (χ1v) is 8.20. The van der Waals surface area contributed by atoms with Gasteiger partial charge >= 0.3 is 0 Å². The molecule has 1 saturated carbocycles. The van der Waals surface area contributed by atoms with E-state index in [1.54, 1.807) is 11.3 Å².